The highest BCUT2D eigenvalue weighted by atomic mass is 32.1. The maximum atomic E-state index is 11.4. The highest BCUT2D eigenvalue weighted by Crippen LogP contribution is 2.28. The minimum absolute atomic E-state index is 0.0199. The summed E-state index contributed by atoms with van der Waals surface area (Å²) in [5.41, 5.74) is 6.48. The van der Waals surface area contributed by atoms with Gasteiger partial charge in [0.05, 0.1) is 6.04 Å². The Morgan fingerprint density at radius 2 is 1.94 bits per heavy atom. The molecular formula is C13H17N3OS. The lowest BCUT2D eigenvalue weighted by molar-refractivity contribution is -0.122. The van der Waals surface area contributed by atoms with Crippen molar-refractivity contribution in [3.63, 3.8) is 0 Å². The quantitative estimate of drug-likeness (QED) is 0.573. The monoisotopic (exact) mass is 263 g/mol. The van der Waals surface area contributed by atoms with E-state index in [4.69, 9.17) is 12.2 Å². The van der Waals surface area contributed by atoms with Crippen LogP contribution in [0.15, 0.2) is 30.3 Å². The van der Waals surface area contributed by atoms with E-state index in [1.165, 1.54) is 0 Å². The van der Waals surface area contributed by atoms with Crippen molar-refractivity contribution < 1.29 is 4.79 Å². The van der Waals surface area contributed by atoms with E-state index in [1.54, 1.807) is 0 Å². The molecule has 1 aliphatic rings. The lowest BCUT2D eigenvalue weighted by Gasteiger charge is -2.17. The molecule has 1 unspecified atom stereocenters. The first kappa shape index (κ1) is 12.8. The SMILES string of the molecule is CC(NC(=S)NNC(=O)C1CC1)c1ccccc1. The molecule has 0 bridgehead atoms. The Bertz CT molecular complexity index is 431. The predicted octanol–water partition coefficient (Wildman–Crippen LogP) is 1.65. The summed E-state index contributed by atoms with van der Waals surface area (Å²) in [6.45, 7) is 2.02. The fourth-order valence-electron chi connectivity index (χ4n) is 1.62. The molecule has 1 saturated carbocycles. The summed E-state index contributed by atoms with van der Waals surface area (Å²) in [4.78, 5) is 11.4. The number of hydrogen-bond donors (Lipinski definition) is 3. The van der Waals surface area contributed by atoms with Crippen LogP contribution in [0, 0.1) is 5.92 Å². The Morgan fingerprint density at radius 3 is 2.56 bits per heavy atom. The molecule has 96 valence electrons. The zero-order chi connectivity index (χ0) is 13.0. The third-order valence-corrected chi connectivity index (χ3v) is 3.11. The summed E-state index contributed by atoms with van der Waals surface area (Å²) in [5.74, 6) is 0.193. The summed E-state index contributed by atoms with van der Waals surface area (Å²) in [5, 5.41) is 3.55. The topological polar surface area (TPSA) is 53.2 Å². The average Bonchev–Trinajstić information content (AvgIpc) is 3.21. The first-order chi connectivity index (χ1) is 8.66. The Labute approximate surface area is 112 Å². The Balaban J connectivity index is 1.75. The molecule has 0 spiro atoms. The minimum Gasteiger partial charge on any atom is -0.355 e. The number of thiocarbonyl (C=S) groups is 1. The van der Waals surface area contributed by atoms with E-state index in [0.29, 0.717) is 5.11 Å². The van der Waals surface area contributed by atoms with Crippen molar-refractivity contribution in [2.45, 2.75) is 25.8 Å². The molecule has 1 aromatic carbocycles. The maximum Gasteiger partial charge on any atom is 0.241 e. The van der Waals surface area contributed by atoms with Gasteiger partial charge in [0, 0.05) is 5.92 Å². The maximum absolute atomic E-state index is 11.4. The molecule has 0 saturated heterocycles. The minimum atomic E-state index is 0.0199. The van der Waals surface area contributed by atoms with Gasteiger partial charge < -0.3 is 5.32 Å². The van der Waals surface area contributed by atoms with Crippen LogP contribution in [0.4, 0.5) is 0 Å². The molecule has 0 aliphatic heterocycles. The third kappa shape index (κ3) is 3.70. The van der Waals surface area contributed by atoms with Crippen molar-refractivity contribution >= 4 is 23.2 Å². The van der Waals surface area contributed by atoms with Gasteiger partial charge in [0.1, 0.15) is 0 Å². The number of amides is 1. The van der Waals surface area contributed by atoms with Gasteiger partial charge in [-0.05, 0) is 37.5 Å². The van der Waals surface area contributed by atoms with E-state index in [-0.39, 0.29) is 17.9 Å². The number of rotatable bonds is 3. The molecule has 1 atom stereocenters. The van der Waals surface area contributed by atoms with Gasteiger partial charge in [0.15, 0.2) is 5.11 Å². The van der Waals surface area contributed by atoms with Crippen molar-refractivity contribution in [1.29, 1.82) is 0 Å². The number of benzene rings is 1. The van der Waals surface area contributed by atoms with Crippen molar-refractivity contribution in [2.75, 3.05) is 0 Å². The van der Waals surface area contributed by atoms with Gasteiger partial charge in [0.2, 0.25) is 5.91 Å². The second-order valence-corrected chi connectivity index (χ2v) is 4.90. The van der Waals surface area contributed by atoms with Crippen LogP contribution < -0.4 is 16.2 Å². The predicted molar refractivity (Wildman–Crippen MR) is 74.6 cm³/mol. The molecule has 3 N–H and O–H groups in total. The molecule has 2 rings (SSSR count). The van der Waals surface area contributed by atoms with E-state index in [2.05, 4.69) is 16.2 Å². The second-order valence-electron chi connectivity index (χ2n) is 4.49. The summed E-state index contributed by atoms with van der Waals surface area (Å²) in [6.07, 6.45) is 1.96. The molecule has 1 aromatic rings. The van der Waals surface area contributed by atoms with E-state index >= 15 is 0 Å². The molecule has 1 fully saturated rings. The Morgan fingerprint density at radius 1 is 1.28 bits per heavy atom. The number of nitrogens with one attached hydrogen (secondary N) is 3. The van der Waals surface area contributed by atoms with Crippen LogP contribution >= 0.6 is 12.2 Å². The lowest BCUT2D eigenvalue weighted by atomic mass is 10.1. The molecule has 18 heavy (non-hydrogen) atoms. The van der Waals surface area contributed by atoms with Gasteiger partial charge in [-0.15, -0.1) is 0 Å². The van der Waals surface area contributed by atoms with Crippen molar-refractivity contribution in [3.8, 4) is 0 Å². The van der Waals surface area contributed by atoms with Gasteiger partial charge in [0.25, 0.3) is 0 Å². The van der Waals surface area contributed by atoms with E-state index in [9.17, 15) is 4.79 Å². The number of hydrazine groups is 1. The molecular weight excluding hydrogens is 246 g/mol. The average molecular weight is 263 g/mol. The zero-order valence-electron chi connectivity index (χ0n) is 10.3. The van der Waals surface area contributed by atoms with E-state index in [0.717, 1.165) is 18.4 Å². The van der Waals surface area contributed by atoms with Gasteiger partial charge in [-0.2, -0.15) is 0 Å². The van der Waals surface area contributed by atoms with Gasteiger partial charge in [-0.1, -0.05) is 30.3 Å². The summed E-state index contributed by atoms with van der Waals surface area (Å²) in [6, 6.07) is 10.1. The molecule has 1 aliphatic carbocycles. The number of carbonyl (C=O) groups is 1. The smallest absolute Gasteiger partial charge is 0.241 e. The van der Waals surface area contributed by atoms with Crippen molar-refractivity contribution in [3.05, 3.63) is 35.9 Å². The summed E-state index contributed by atoms with van der Waals surface area (Å²) < 4.78 is 0. The Kier molecular flexibility index (Phi) is 4.15. The van der Waals surface area contributed by atoms with E-state index < -0.39 is 0 Å². The first-order valence-corrected chi connectivity index (χ1v) is 6.49. The van der Waals surface area contributed by atoms with Crippen LogP contribution in [0.25, 0.3) is 0 Å². The zero-order valence-corrected chi connectivity index (χ0v) is 11.1. The third-order valence-electron chi connectivity index (χ3n) is 2.89. The first-order valence-electron chi connectivity index (χ1n) is 6.08. The summed E-state index contributed by atoms with van der Waals surface area (Å²) >= 11 is 5.12. The highest BCUT2D eigenvalue weighted by Gasteiger charge is 2.29. The van der Waals surface area contributed by atoms with Crippen LogP contribution in [0.3, 0.4) is 0 Å². The largest absolute Gasteiger partial charge is 0.355 e. The van der Waals surface area contributed by atoms with Gasteiger partial charge in [-0.3, -0.25) is 15.6 Å². The standard InChI is InChI=1S/C13H17N3OS/c1-9(10-5-3-2-4-6-10)14-13(18)16-15-12(17)11-7-8-11/h2-6,9,11H,7-8H2,1H3,(H,15,17)(H2,14,16,18). The van der Waals surface area contributed by atoms with Gasteiger partial charge in [-0.25, -0.2) is 0 Å². The van der Waals surface area contributed by atoms with E-state index in [1.807, 2.05) is 37.3 Å². The lowest BCUT2D eigenvalue weighted by Crippen LogP contribution is -2.47. The van der Waals surface area contributed by atoms with Crippen LogP contribution in [0.1, 0.15) is 31.4 Å². The molecule has 0 heterocycles. The fourth-order valence-corrected chi connectivity index (χ4v) is 1.85. The van der Waals surface area contributed by atoms with Crippen molar-refractivity contribution in [2.24, 2.45) is 5.92 Å². The van der Waals surface area contributed by atoms with Crippen molar-refractivity contribution in [1.82, 2.24) is 16.2 Å². The van der Waals surface area contributed by atoms with Crippen LogP contribution in [0.2, 0.25) is 0 Å². The molecule has 5 heteroatoms. The molecule has 0 aromatic heterocycles. The highest BCUT2D eigenvalue weighted by molar-refractivity contribution is 7.80. The molecule has 1 amide bonds. The van der Waals surface area contributed by atoms with Crippen LogP contribution in [-0.2, 0) is 4.79 Å². The van der Waals surface area contributed by atoms with Crippen LogP contribution in [0.5, 0.6) is 0 Å². The summed E-state index contributed by atoms with van der Waals surface area (Å²) in [7, 11) is 0. The molecule has 0 radical (unpaired) electrons. The second kappa shape index (κ2) is 5.82. The normalized spacial score (nSPS) is 15.6. The van der Waals surface area contributed by atoms with Crippen LogP contribution in [-0.4, -0.2) is 11.0 Å². The number of hydrogen-bond acceptors (Lipinski definition) is 2. The fraction of sp³-hybridized carbons (Fsp3) is 0.385. The molecule has 4 nitrogen and oxygen atoms in total. The Hall–Kier alpha value is -1.62. The van der Waals surface area contributed by atoms with Gasteiger partial charge >= 0.3 is 0 Å². The number of carbonyl (C=O) groups excluding carboxylic acids is 1.